The molecule has 1 N–H and O–H groups in total. The molecule has 39 heavy (non-hydrogen) atoms. The van der Waals surface area contributed by atoms with Crippen LogP contribution in [0.5, 0.6) is 0 Å². The number of rotatable bonds is 7. The smallest absolute Gasteiger partial charge is 0.280 e. The molecule has 4 rings (SSSR count). The van der Waals surface area contributed by atoms with Crippen LogP contribution in [0.2, 0.25) is 0 Å². The molecule has 2 aromatic rings. The van der Waals surface area contributed by atoms with Crippen molar-refractivity contribution in [1.82, 2.24) is 14.8 Å². The van der Waals surface area contributed by atoms with Crippen molar-refractivity contribution in [2.45, 2.75) is 58.0 Å². The third-order valence-corrected chi connectivity index (χ3v) is 8.31. The van der Waals surface area contributed by atoms with E-state index in [0.29, 0.717) is 36.1 Å². The number of amides is 2. The Morgan fingerprint density at radius 3 is 2.18 bits per heavy atom. The van der Waals surface area contributed by atoms with Gasteiger partial charge >= 0.3 is 0 Å². The number of benzene rings is 1. The van der Waals surface area contributed by atoms with Crippen molar-refractivity contribution >= 4 is 17.6 Å². The number of hydrogen-bond donors (Lipinski definition) is 1. The van der Waals surface area contributed by atoms with E-state index in [4.69, 9.17) is 4.98 Å². The van der Waals surface area contributed by atoms with Crippen molar-refractivity contribution in [3.63, 3.8) is 0 Å². The van der Waals surface area contributed by atoms with Crippen molar-refractivity contribution in [1.29, 1.82) is 0 Å². The topological polar surface area (TPSA) is 77.0 Å². The Labute approximate surface area is 229 Å². The molecule has 2 aliphatic heterocycles. The first-order valence-electron chi connectivity index (χ1n) is 13.8. The second-order valence-corrected chi connectivity index (χ2v) is 11.3. The molecule has 0 aliphatic carbocycles. The van der Waals surface area contributed by atoms with Crippen LogP contribution in [-0.4, -0.2) is 78.4 Å². The zero-order valence-electron chi connectivity index (χ0n) is 23.4. The van der Waals surface area contributed by atoms with Gasteiger partial charge in [0.25, 0.3) is 18.2 Å². The summed E-state index contributed by atoms with van der Waals surface area (Å²) in [5.41, 5.74) is -0.813. The molecule has 2 fully saturated rings. The van der Waals surface area contributed by atoms with Crippen LogP contribution in [0.3, 0.4) is 0 Å². The van der Waals surface area contributed by atoms with Gasteiger partial charge in [0.05, 0.1) is 11.3 Å². The molecular weight excluding hydrogens is 502 g/mol. The van der Waals surface area contributed by atoms with Crippen LogP contribution in [0.25, 0.3) is 0 Å². The van der Waals surface area contributed by atoms with Gasteiger partial charge in [0.2, 0.25) is 5.60 Å². The normalized spacial score (nSPS) is 18.8. The Balaban J connectivity index is 1.28. The van der Waals surface area contributed by atoms with E-state index >= 15 is 0 Å². The molecule has 1 aromatic heterocycles. The van der Waals surface area contributed by atoms with Crippen molar-refractivity contribution in [3.05, 3.63) is 58.8 Å². The second kappa shape index (κ2) is 12.0. The van der Waals surface area contributed by atoms with E-state index < -0.39 is 17.9 Å². The quantitative estimate of drug-likeness (QED) is 0.562. The number of alkyl halides is 2. The lowest BCUT2D eigenvalue weighted by atomic mass is 9.82. The SMILES string of the molecule is Cc1cccc(C(O)(C(=O)N2CCC(CC3CCN(c4ccc(C(=O)N(C)C)c(C)n4)CC3)CC2)C(F)F)c1. The molecule has 0 bridgehead atoms. The van der Waals surface area contributed by atoms with Crippen LogP contribution >= 0.6 is 0 Å². The highest BCUT2D eigenvalue weighted by molar-refractivity contribution is 5.95. The summed E-state index contributed by atoms with van der Waals surface area (Å²) in [7, 11) is 3.47. The molecule has 0 saturated carbocycles. The van der Waals surface area contributed by atoms with Crippen LogP contribution in [0.15, 0.2) is 36.4 Å². The lowest BCUT2D eigenvalue weighted by Crippen LogP contribution is -2.53. The average molecular weight is 543 g/mol. The van der Waals surface area contributed by atoms with Crippen molar-refractivity contribution < 1.29 is 23.5 Å². The third-order valence-electron chi connectivity index (χ3n) is 8.31. The van der Waals surface area contributed by atoms with E-state index in [1.807, 2.05) is 19.1 Å². The lowest BCUT2D eigenvalue weighted by Gasteiger charge is -2.39. The van der Waals surface area contributed by atoms with Gasteiger partial charge < -0.3 is 19.8 Å². The number of aromatic nitrogens is 1. The predicted octanol–water partition coefficient (Wildman–Crippen LogP) is 4.40. The minimum atomic E-state index is -3.21. The van der Waals surface area contributed by atoms with E-state index in [1.165, 1.54) is 17.0 Å². The molecule has 7 nitrogen and oxygen atoms in total. The van der Waals surface area contributed by atoms with Crippen molar-refractivity contribution in [3.8, 4) is 0 Å². The van der Waals surface area contributed by atoms with Gasteiger partial charge in [-0.1, -0.05) is 29.8 Å². The van der Waals surface area contributed by atoms with Crippen molar-refractivity contribution in [2.75, 3.05) is 45.2 Å². The van der Waals surface area contributed by atoms with E-state index in [-0.39, 0.29) is 11.5 Å². The number of pyridine rings is 1. The molecule has 2 aliphatic rings. The summed E-state index contributed by atoms with van der Waals surface area (Å²) >= 11 is 0. The van der Waals surface area contributed by atoms with Gasteiger partial charge in [-0.3, -0.25) is 9.59 Å². The van der Waals surface area contributed by atoms with Gasteiger partial charge in [0.1, 0.15) is 5.82 Å². The first kappa shape index (κ1) is 28.9. The largest absolute Gasteiger partial charge is 0.371 e. The molecule has 9 heteroatoms. The second-order valence-electron chi connectivity index (χ2n) is 11.3. The van der Waals surface area contributed by atoms with Crippen molar-refractivity contribution in [2.24, 2.45) is 11.8 Å². The molecule has 1 aromatic carbocycles. The maximum absolute atomic E-state index is 14.0. The van der Waals surface area contributed by atoms with Gasteiger partial charge in [-0.15, -0.1) is 0 Å². The number of halogens is 2. The first-order valence-corrected chi connectivity index (χ1v) is 13.8. The Hall–Kier alpha value is -3.07. The standard InChI is InChI=1S/C30H40F2N4O3/c1-20-6-5-7-24(18-20)30(39,28(31)32)29(38)36-16-12-23(13-17-36)19-22-10-14-35(15-11-22)26-9-8-25(21(2)33-26)27(37)34(3)4/h5-9,18,22-23,28,39H,10-17,19H2,1-4H3. The fourth-order valence-electron chi connectivity index (χ4n) is 5.90. The highest BCUT2D eigenvalue weighted by Gasteiger charge is 2.50. The van der Waals surface area contributed by atoms with Gasteiger partial charge in [0, 0.05) is 40.3 Å². The minimum absolute atomic E-state index is 0.0490. The van der Waals surface area contributed by atoms with Gasteiger partial charge in [0.15, 0.2) is 0 Å². The maximum atomic E-state index is 14.0. The Morgan fingerprint density at radius 2 is 1.64 bits per heavy atom. The highest BCUT2D eigenvalue weighted by Crippen LogP contribution is 2.35. The predicted molar refractivity (Wildman–Crippen MR) is 147 cm³/mol. The summed E-state index contributed by atoms with van der Waals surface area (Å²) in [4.78, 5) is 35.3. The number of anilines is 1. The lowest BCUT2D eigenvalue weighted by molar-refractivity contribution is -0.173. The first-order chi connectivity index (χ1) is 18.5. The Bertz CT molecular complexity index is 1170. The molecule has 212 valence electrons. The molecule has 0 spiro atoms. The Kier molecular flexibility index (Phi) is 8.89. The molecule has 2 amide bonds. The van der Waals surface area contributed by atoms with E-state index in [9.17, 15) is 23.5 Å². The molecule has 3 heterocycles. The van der Waals surface area contributed by atoms with Crippen LogP contribution in [-0.2, 0) is 10.4 Å². The van der Waals surface area contributed by atoms with Crippen LogP contribution < -0.4 is 4.90 Å². The Morgan fingerprint density at radius 1 is 1.03 bits per heavy atom. The van der Waals surface area contributed by atoms with E-state index in [1.54, 1.807) is 38.1 Å². The van der Waals surface area contributed by atoms with Gasteiger partial charge in [-0.25, -0.2) is 13.8 Å². The number of likely N-dealkylation sites (tertiary alicyclic amines) is 1. The number of nitrogens with zero attached hydrogens (tertiary/aromatic N) is 4. The summed E-state index contributed by atoms with van der Waals surface area (Å²) in [6.45, 7) is 6.17. The number of aryl methyl sites for hydroxylation is 2. The zero-order valence-corrected chi connectivity index (χ0v) is 23.4. The minimum Gasteiger partial charge on any atom is -0.371 e. The van der Waals surface area contributed by atoms with Gasteiger partial charge in [-0.2, -0.15) is 0 Å². The fraction of sp³-hybridized carbons (Fsp3) is 0.567. The summed E-state index contributed by atoms with van der Waals surface area (Å²) in [6.07, 6.45) is 1.42. The highest BCUT2D eigenvalue weighted by atomic mass is 19.3. The third kappa shape index (κ3) is 6.24. The average Bonchev–Trinajstić information content (AvgIpc) is 2.92. The monoisotopic (exact) mass is 542 g/mol. The van der Waals surface area contributed by atoms with Gasteiger partial charge in [-0.05, 0) is 75.5 Å². The molecule has 1 atom stereocenters. The zero-order chi connectivity index (χ0) is 28.3. The molecule has 0 radical (unpaired) electrons. The molecule has 2 saturated heterocycles. The number of aliphatic hydroxyl groups is 1. The summed E-state index contributed by atoms with van der Waals surface area (Å²) in [6, 6.07) is 9.96. The fourth-order valence-corrected chi connectivity index (χ4v) is 5.90. The maximum Gasteiger partial charge on any atom is 0.280 e. The number of hydrogen-bond acceptors (Lipinski definition) is 5. The van der Waals surface area contributed by atoms with E-state index in [0.717, 1.165) is 56.7 Å². The number of piperidine rings is 2. The summed E-state index contributed by atoms with van der Waals surface area (Å²) in [5, 5.41) is 10.9. The summed E-state index contributed by atoms with van der Waals surface area (Å²) < 4.78 is 28.1. The van der Waals surface area contributed by atoms with Crippen LogP contribution in [0, 0.1) is 25.7 Å². The number of carbonyl (C=O) groups excluding carboxylic acids is 2. The summed E-state index contributed by atoms with van der Waals surface area (Å²) in [5.74, 6) is 0.937. The van der Waals surface area contributed by atoms with Crippen LogP contribution in [0.4, 0.5) is 14.6 Å². The number of carbonyl (C=O) groups is 2. The molecule has 1 unspecified atom stereocenters. The molecular formula is C30H40F2N4O3. The van der Waals surface area contributed by atoms with Crippen LogP contribution in [0.1, 0.15) is 59.3 Å². The van der Waals surface area contributed by atoms with E-state index in [2.05, 4.69) is 4.90 Å².